The zero-order valence-corrected chi connectivity index (χ0v) is 11.7. The number of hydrogen-bond donors (Lipinski definition) is 1. The van der Waals surface area contributed by atoms with Crippen LogP contribution in [0, 0.1) is 10.1 Å². The van der Waals surface area contributed by atoms with Gasteiger partial charge in [0.2, 0.25) is 0 Å². The summed E-state index contributed by atoms with van der Waals surface area (Å²) in [6.45, 7) is 0.465. The standard InChI is InChI=1S/C12H15NO6S/c1-19-6-3-7-20(18)8-9-4-2-5-10(13(16)17)11(9)12(14)15/h2,4-5H,3,6-8H2,1H3,(H,14,15). The molecule has 8 heteroatoms. The van der Waals surface area contributed by atoms with E-state index in [2.05, 4.69) is 0 Å². The Hall–Kier alpha value is -1.80. The van der Waals surface area contributed by atoms with Crippen molar-refractivity contribution in [2.45, 2.75) is 12.2 Å². The van der Waals surface area contributed by atoms with Gasteiger partial charge in [-0.2, -0.15) is 0 Å². The number of rotatable bonds is 8. The van der Waals surface area contributed by atoms with Crippen molar-refractivity contribution in [2.75, 3.05) is 19.5 Å². The van der Waals surface area contributed by atoms with E-state index in [9.17, 15) is 19.1 Å². The molecule has 1 atom stereocenters. The molecule has 0 aliphatic rings. The lowest BCUT2D eigenvalue weighted by molar-refractivity contribution is -0.385. The summed E-state index contributed by atoms with van der Waals surface area (Å²) in [5.74, 6) is -1.05. The van der Waals surface area contributed by atoms with Crippen molar-refractivity contribution < 1.29 is 23.8 Å². The first-order chi connectivity index (χ1) is 9.47. The fourth-order valence-electron chi connectivity index (χ4n) is 1.72. The summed E-state index contributed by atoms with van der Waals surface area (Å²) in [7, 11) is 0.247. The van der Waals surface area contributed by atoms with Crippen LogP contribution in [0.2, 0.25) is 0 Å². The number of benzene rings is 1. The van der Waals surface area contributed by atoms with Crippen molar-refractivity contribution in [3.8, 4) is 0 Å². The average Bonchev–Trinajstić information content (AvgIpc) is 2.38. The molecule has 1 N–H and O–H groups in total. The van der Waals surface area contributed by atoms with Crippen LogP contribution in [-0.2, 0) is 21.3 Å². The molecule has 0 fully saturated rings. The number of ether oxygens (including phenoxy) is 1. The molecule has 110 valence electrons. The van der Waals surface area contributed by atoms with Crippen molar-refractivity contribution in [2.24, 2.45) is 0 Å². The molecule has 0 saturated carbocycles. The van der Waals surface area contributed by atoms with Gasteiger partial charge in [-0.1, -0.05) is 12.1 Å². The van der Waals surface area contributed by atoms with E-state index in [0.29, 0.717) is 18.8 Å². The summed E-state index contributed by atoms with van der Waals surface area (Å²) < 4.78 is 16.7. The first kappa shape index (κ1) is 16.3. The van der Waals surface area contributed by atoms with Crippen molar-refractivity contribution >= 4 is 22.5 Å². The van der Waals surface area contributed by atoms with Crippen LogP contribution >= 0.6 is 0 Å². The fraction of sp³-hybridized carbons (Fsp3) is 0.417. The third-order valence-electron chi connectivity index (χ3n) is 2.58. The summed E-state index contributed by atoms with van der Waals surface area (Å²) in [6.07, 6.45) is 0.584. The molecule has 0 aliphatic heterocycles. The van der Waals surface area contributed by atoms with E-state index in [-0.39, 0.29) is 11.3 Å². The molecule has 0 bridgehead atoms. The number of methoxy groups -OCH3 is 1. The quantitative estimate of drug-likeness (QED) is 0.444. The predicted molar refractivity (Wildman–Crippen MR) is 73.3 cm³/mol. The lowest BCUT2D eigenvalue weighted by Gasteiger charge is -2.06. The largest absolute Gasteiger partial charge is 0.477 e. The predicted octanol–water partition coefficient (Wildman–Crippen LogP) is 1.58. The molecule has 0 aliphatic carbocycles. The SMILES string of the molecule is COCCCS(=O)Cc1cccc([N+](=O)[O-])c1C(=O)O. The Morgan fingerprint density at radius 2 is 2.20 bits per heavy atom. The van der Waals surface area contributed by atoms with Crippen LogP contribution in [0.4, 0.5) is 5.69 Å². The van der Waals surface area contributed by atoms with E-state index in [1.807, 2.05) is 0 Å². The zero-order valence-electron chi connectivity index (χ0n) is 10.9. The second kappa shape index (κ2) is 7.71. The van der Waals surface area contributed by atoms with Crippen LogP contribution in [0.1, 0.15) is 22.3 Å². The molecular formula is C12H15NO6S. The first-order valence-corrected chi connectivity index (χ1v) is 7.29. The molecule has 1 unspecified atom stereocenters. The first-order valence-electron chi connectivity index (χ1n) is 5.80. The minimum Gasteiger partial charge on any atom is -0.477 e. The van der Waals surface area contributed by atoms with Crippen LogP contribution in [0.3, 0.4) is 0 Å². The Kier molecular flexibility index (Phi) is 6.26. The van der Waals surface area contributed by atoms with Crippen molar-refractivity contribution in [1.29, 1.82) is 0 Å². The summed E-state index contributed by atoms with van der Waals surface area (Å²) in [5.41, 5.74) is -0.663. The highest BCUT2D eigenvalue weighted by Gasteiger charge is 2.24. The molecule has 0 amide bonds. The Morgan fingerprint density at radius 3 is 2.75 bits per heavy atom. The van der Waals surface area contributed by atoms with Gasteiger partial charge in [-0.3, -0.25) is 14.3 Å². The van der Waals surface area contributed by atoms with E-state index >= 15 is 0 Å². The number of carboxylic acids is 1. The smallest absolute Gasteiger partial charge is 0.343 e. The third kappa shape index (κ3) is 4.39. The monoisotopic (exact) mass is 301 g/mol. The topological polar surface area (TPSA) is 107 Å². The minimum absolute atomic E-state index is 0.0208. The second-order valence-corrected chi connectivity index (χ2v) is 5.58. The Bertz CT molecular complexity index is 531. The normalized spacial score (nSPS) is 12.1. The van der Waals surface area contributed by atoms with Crippen LogP contribution < -0.4 is 0 Å². The summed E-state index contributed by atoms with van der Waals surface area (Å²) in [5, 5.41) is 19.9. The number of nitro groups is 1. The van der Waals surface area contributed by atoms with Crippen LogP contribution in [-0.4, -0.2) is 39.7 Å². The highest BCUT2D eigenvalue weighted by Crippen LogP contribution is 2.23. The number of nitro benzene ring substituents is 1. The van der Waals surface area contributed by atoms with Gasteiger partial charge in [0.1, 0.15) is 5.56 Å². The lowest BCUT2D eigenvalue weighted by atomic mass is 10.1. The number of aromatic carboxylic acids is 1. The number of carboxylic acid groups (broad SMARTS) is 1. The van der Waals surface area contributed by atoms with E-state index in [4.69, 9.17) is 9.84 Å². The van der Waals surface area contributed by atoms with E-state index < -0.39 is 32.9 Å². The zero-order chi connectivity index (χ0) is 15.1. The Labute approximate surface area is 118 Å². The molecule has 0 heterocycles. The van der Waals surface area contributed by atoms with Crippen molar-refractivity contribution in [3.05, 3.63) is 39.4 Å². The van der Waals surface area contributed by atoms with Crippen LogP contribution in [0.25, 0.3) is 0 Å². The van der Waals surface area contributed by atoms with E-state index in [1.54, 1.807) is 0 Å². The summed E-state index contributed by atoms with van der Waals surface area (Å²) in [4.78, 5) is 21.2. The maximum absolute atomic E-state index is 11.8. The van der Waals surface area contributed by atoms with E-state index in [1.165, 1.54) is 19.2 Å². The molecule has 7 nitrogen and oxygen atoms in total. The Balaban J connectivity index is 2.95. The molecule has 0 saturated heterocycles. The summed E-state index contributed by atoms with van der Waals surface area (Å²) in [6, 6.07) is 3.97. The molecular weight excluding hydrogens is 286 g/mol. The van der Waals surface area contributed by atoms with Gasteiger partial charge < -0.3 is 9.84 Å². The molecule has 1 rings (SSSR count). The average molecular weight is 301 g/mol. The molecule has 1 aromatic carbocycles. The molecule has 20 heavy (non-hydrogen) atoms. The maximum Gasteiger partial charge on any atom is 0.343 e. The third-order valence-corrected chi connectivity index (χ3v) is 3.95. The van der Waals surface area contributed by atoms with Gasteiger partial charge in [0.15, 0.2) is 0 Å². The highest BCUT2D eigenvalue weighted by atomic mass is 32.2. The lowest BCUT2D eigenvalue weighted by Crippen LogP contribution is -2.10. The number of carbonyl (C=O) groups is 1. The van der Waals surface area contributed by atoms with Gasteiger partial charge in [-0.15, -0.1) is 0 Å². The number of nitrogens with zero attached hydrogens (tertiary/aromatic N) is 1. The second-order valence-electron chi connectivity index (χ2n) is 4.01. The maximum atomic E-state index is 11.8. The van der Waals surface area contributed by atoms with Gasteiger partial charge in [-0.25, -0.2) is 4.79 Å². The highest BCUT2D eigenvalue weighted by molar-refractivity contribution is 7.84. The fourth-order valence-corrected chi connectivity index (χ4v) is 2.89. The molecule has 0 spiro atoms. The molecule has 0 radical (unpaired) electrons. The van der Waals surface area contributed by atoms with Crippen molar-refractivity contribution in [3.63, 3.8) is 0 Å². The molecule has 1 aromatic rings. The van der Waals surface area contributed by atoms with E-state index in [0.717, 1.165) is 6.07 Å². The van der Waals surface area contributed by atoms with Gasteiger partial charge in [0.05, 0.1) is 4.92 Å². The van der Waals surface area contributed by atoms with Gasteiger partial charge in [0, 0.05) is 42.1 Å². The van der Waals surface area contributed by atoms with Gasteiger partial charge >= 0.3 is 5.97 Å². The summed E-state index contributed by atoms with van der Waals surface area (Å²) >= 11 is 0. The van der Waals surface area contributed by atoms with Crippen LogP contribution in [0.15, 0.2) is 18.2 Å². The van der Waals surface area contributed by atoms with Crippen molar-refractivity contribution in [1.82, 2.24) is 0 Å². The Morgan fingerprint density at radius 1 is 1.50 bits per heavy atom. The molecule has 0 aromatic heterocycles. The van der Waals surface area contributed by atoms with Gasteiger partial charge in [0.25, 0.3) is 5.69 Å². The number of hydrogen-bond acceptors (Lipinski definition) is 5. The minimum atomic E-state index is -1.39. The van der Waals surface area contributed by atoms with Gasteiger partial charge in [-0.05, 0) is 12.0 Å². The van der Waals surface area contributed by atoms with Crippen LogP contribution in [0.5, 0.6) is 0 Å².